The third-order valence-corrected chi connectivity index (χ3v) is 8.72. The summed E-state index contributed by atoms with van der Waals surface area (Å²) in [6, 6.07) is 2.20. The van der Waals surface area contributed by atoms with Gasteiger partial charge < -0.3 is 26.6 Å². The fraction of sp³-hybridized carbons (Fsp3) is 0.484. The molecule has 0 radical (unpaired) electrons. The minimum absolute atomic E-state index is 0.227. The van der Waals surface area contributed by atoms with Crippen LogP contribution in [-0.4, -0.2) is 59.4 Å². The van der Waals surface area contributed by atoms with Crippen molar-refractivity contribution < 1.29 is 9.59 Å². The van der Waals surface area contributed by atoms with E-state index in [2.05, 4.69) is 56.9 Å². The Hall–Kier alpha value is -3.50. The van der Waals surface area contributed by atoms with Crippen molar-refractivity contribution in [2.45, 2.75) is 71.3 Å². The number of rotatable bonds is 11. The zero-order valence-corrected chi connectivity index (χ0v) is 25.3. The van der Waals surface area contributed by atoms with Gasteiger partial charge in [0.25, 0.3) is 11.8 Å². The summed E-state index contributed by atoms with van der Waals surface area (Å²) in [4.78, 5) is 38.3. The summed E-state index contributed by atoms with van der Waals surface area (Å²) < 4.78 is 0. The molecular formula is C31H43N7O2S. The van der Waals surface area contributed by atoms with Crippen LogP contribution in [0.3, 0.4) is 0 Å². The maximum absolute atomic E-state index is 13.3. The highest BCUT2D eigenvalue weighted by atomic mass is 32.1. The second kappa shape index (κ2) is 14.9. The van der Waals surface area contributed by atoms with Crippen molar-refractivity contribution in [3.8, 4) is 0 Å². The summed E-state index contributed by atoms with van der Waals surface area (Å²) in [5, 5.41) is 9.90. The Bertz CT molecular complexity index is 1310. The monoisotopic (exact) mass is 577 g/mol. The molecule has 0 unspecified atom stereocenters. The van der Waals surface area contributed by atoms with Crippen molar-refractivity contribution in [2.24, 2.45) is 5.73 Å². The molecule has 10 heteroatoms. The fourth-order valence-corrected chi connectivity index (χ4v) is 6.29. The largest absolute Gasteiger partial charge is 0.404 e. The van der Waals surface area contributed by atoms with Gasteiger partial charge in [0, 0.05) is 62.6 Å². The van der Waals surface area contributed by atoms with E-state index in [4.69, 9.17) is 5.73 Å². The molecule has 220 valence electrons. The number of carbonyl (C=O) groups is 2. The molecule has 3 heterocycles. The molecule has 0 spiro atoms. The number of amides is 2. The number of hydrogen-bond acceptors (Lipinski definition) is 8. The molecule has 9 nitrogen and oxygen atoms in total. The topological polar surface area (TPSA) is 125 Å². The van der Waals surface area contributed by atoms with E-state index >= 15 is 0 Å². The van der Waals surface area contributed by atoms with Gasteiger partial charge in [-0.3, -0.25) is 14.6 Å². The molecule has 1 aliphatic carbocycles. The lowest BCUT2D eigenvalue weighted by molar-refractivity contribution is -0.111. The number of thiazole rings is 1. The van der Waals surface area contributed by atoms with Crippen LogP contribution in [0.5, 0.6) is 0 Å². The zero-order valence-electron chi connectivity index (χ0n) is 24.5. The molecule has 2 amide bonds. The van der Waals surface area contributed by atoms with Crippen LogP contribution in [0.4, 0.5) is 5.69 Å². The number of pyridine rings is 1. The number of nitrogens with one attached hydrogen (secondary N) is 3. The summed E-state index contributed by atoms with van der Waals surface area (Å²) >= 11 is 1.44. The van der Waals surface area contributed by atoms with Crippen molar-refractivity contribution in [3.63, 3.8) is 0 Å². The van der Waals surface area contributed by atoms with Gasteiger partial charge in [-0.2, -0.15) is 0 Å². The van der Waals surface area contributed by atoms with Crippen molar-refractivity contribution in [1.29, 1.82) is 0 Å². The van der Waals surface area contributed by atoms with E-state index in [0.717, 1.165) is 42.8 Å². The van der Waals surface area contributed by atoms with E-state index in [1.165, 1.54) is 61.5 Å². The summed E-state index contributed by atoms with van der Waals surface area (Å²) in [6.45, 7) is 6.18. The molecule has 2 aromatic heterocycles. The number of anilines is 1. The van der Waals surface area contributed by atoms with E-state index in [1.807, 2.05) is 6.20 Å². The Kier molecular flexibility index (Phi) is 11.1. The van der Waals surface area contributed by atoms with Crippen molar-refractivity contribution in [2.75, 3.05) is 32.0 Å². The Morgan fingerprint density at radius 2 is 1.95 bits per heavy atom. The molecule has 0 aromatic carbocycles. The Labute approximate surface area is 247 Å². The van der Waals surface area contributed by atoms with Crippen LogP contribution < -0.4 is 21.7 Å². The average molecular weight is 578 g/mol. The number of aryl methyl sites for hydroxylation is 1. The lowest BCUT2D eigenvalue weighted by Crippen LogP contribution is -2.38. The fourth-order valence-electron chi connectivity index (χ4n) is 5.31. The number of carbonyl (C=O) groups excluding carboxylic acids is 2. The first-order valence-electron chi connectivity index (χ1n) is 14.7. The van der Waals surface area contributed by atoms with E-state index in [9.17, 15) is 9.59 Å². The Morgan fingerprint density at radius 1 is 1.15 bits per heavy atom. The van der Waals surface area contributed by atoms with Crippen LogP contribution >= 0.6 is 11.3 Å². The van der Waals surface area contributed by atoms with Crippen molar-refractivity contribution >= 4 is 40.0 Å². The second-order valence-corrected chi connectivity index (χ2v) is 11.7. The van der Waals surface area contributed by atoms with E-state index in [0.29, 0.717) is 34.5 Å². The van der Waals surface area contributed by atoms with Gasteiger partial charge in [0.05, 0.1) is 27.4 Å². The number of hydrogen-bond donors (Lipinski definition) is 4. The molecule has 2 aliphatic rings. The average Bonchev–Trinajstić information content (AvgIpc) is 3.63. The lowest BCUT2D eigenvalue weighted by atomic mass is 9.95. The van der Waals surface area contributed by atoms with Gasteiger partial charge in [0.2, 0.25) is 0 Å². The maximum Gasteiger partial charge on any atom is 0.260 e. The van der Waals surface area contributed by atoms with Gasteiger partial charge in [-0.15, -0.1) is 11.3 Å². The Morgan fingerprint density at radius 3 is 2.66 bits per heavy atom. The number of nitrogens with zero attached hydrogens (tertiary/aromatic N) is 3. The van der Waals surface area contributed by atoms with Crippen LogP contribution in [0, 0.1) is 6.92 Å². The number of nitrogens with two attached hydrogens (primary N) is 1. The standard InChI is InChI=1S/C31H43N7O2S/c1-4-5-12-24(27-13-9-16-38(27)3)28-20-36-31(41-28)25(18-32)30(40)37-26-17-22(19-35-21(26)2)29(39)34-15-14-33-23-10-7-6-8-11-23/h5,12,17-20,23,33H,4,6-11,13-16,32H2,1-3H3,(H,34,39)(H,37,40)/b12-5+,25-18-,27-24+. The number of allylic oxidation sites excluding steroid dienone is 4. The van der Waals surface area contributed by atoms with Crippen LogP contribution in [0.2, 0.25) is 0 Å². The molecular weight excluding hydrogens is 534 g/mol. The highest BCUT2D eigenvalue weighted by Gasteiger charge is 2.22. The first-order valence-corrected chi connectivity index (χ1v) is 15.5. The van der Waals surface area contributed by atoms with E-state index in [-0.39, 0.29) is 11.5 Å². The van der Waals surface area contributed by atoms with Gasteiger partial charge in [-0.05, 0) is 45.1 Å². The zero-order chi connectivity index (χ0) is 29.2. The first-order chi connectivity index (χ1) is 19.9. The third kappa shape index (κ3) is 8.04. The number of aromatic nitrogens is 2. The quantitative estimate of drug-likeness (QED) is 0.222. The first kappa shape index (κ1) is 30.5. The smallest absolute Gasteiger partial charge is 0.260 e. The second-order valence-electron chi connectivity index (χ2n) is 10.7. The SMILES string of the molecule is CC/C=C/C(=C1/CCCN1C)c1cnc(/C(=C\N)C(=O)Nc2cc(C(=O)NCCNC3CCCCC3)cnc2C)s1. The Balaban J connectivity index is 1.42. The molecule has 0 atom stereocenters. The molecule has 41 heavy (non-hydrogen) atoms. The summed E-state index contributed by atoms with van der Waals surface area (Å²) in [5.74, 6) is -0.626. The molecule has 0 bridgehead atoms. The van der Waals surface area contributed by atoms with E-state index < -0.39 is 5.91 Å². The van der Waals surface area contributed by atoms with Crippen LogP contribution in [0.25, 0.3) is 11.1 Å². The number of likely N-dealkylation sites (tertiary alicyclic amines) is 1. The van der Waals surface area contributed by atoms with Gasteiger partial charge in [0.1, 0.15) is 5.01 Å². The van der Waals surface area contributed by atoms with Gasteiger partial charge in [0.15, 0.2) is 0 Å². The predicted octanol–water partition coefficient (Wildman–Crippen LogP) is 4.84. The van der Waals surface area contributed by atoms with Crippen molar-refractivity contribution in [1.82, 2.24) is 25.5 Å². The molecule has 2 aromatic rings. The predicted molar refractivity (Wildman–Crippen MR) is 167 cm³/mol. The van der Waals surface area contributed by atoms with Gasteiger partial charge >= 0.3 is 0 Å². The highest BCUT2D eigenvalue weighted by Crippen LogP contribution is 2.34. The lowest BCUT2D eigenvalue weighted by Gasteiger charge is -2.22. The minimum Gasteiger partial charge on any atom is -0.404 e. The van der Waals surface area contributed by atoms with Gasteiger partial charge in [-0.25, -0.2) is 4.98 Å². The van der Waals surface area contributed by atoms with Gasteiger partial charge in [-0.1, -0.05) is 38.3 Å². The summed E-state index contributed by atoms with van der Waals surface area (Å²) in [6.07, 6.45) is 18.2. The summed E-state index contributed by atoms with van der Waals surface area (Å²) in [5.41, 5.74) is 10.1. The van der Waals surface area contributed by atoms with Crippen molar-refractivity contribution in [3.05, 3.63) is 63.7 Å². The van der Waals surface area contributed by atoms with Crippen LogP contribution in [0.1, 0.15) is 84.2 Å². The van der Waals surface area contributed by atoms with Crippen LogP contribution in [-0.2, 0) is 4.79 Å². The molecule has 2 fully saturated rings. The maximum atomic E-state index is 13.3. The molecule has 1 saturated heterocycles. The third-order valence-electron chi connectivity index (χ3n) is 7.66. The minimum atomic E-state index is -0.399. The highest BCUT2D eigenvalue weighted by molar-refractivity contribution is 7.14. The van der Waals surface area contributed by atoms with E-state index in [1.54, 1.807) is 13.0 Å². The normalized spacial score (nSPS) is 17.7. The molecule has 1 saturated carbocycles. The molecule has 5 N–H and O–H groups in total. The molecule has 1 aliphatic heterocycles. The van der Waals surface area contributed by atoms with Crippen LogP contribution in [0.15, 0.2) is 42.5 Å². The summed E-state index contributed by atoms with van der Waals surface area (Å²) in [7, 11) is 2.11. The molecule has 4 rings (SSSR count).